The summed E-state index contributed by atoms with van der Waals surface area (Å²) in [4.78, 5) is 12.1. The zero-order chi connectivity index (χ0) is 16.2. The Bertz CT molecular complexity index is 830. The van der Waals surface area contributed by atoms with Crippen molar-refractivity contribution in [2.24, 2.45) is 0 Å². The lowest BCUT2D eigenvalue weighted by atomic mass is 10.3. The molecule has 2 N–H and O–H groups in total. The molecular weight excluding hydrogens is 295 g/mol. The van der Waals surface area contributed by atoms with Gasteiger partial charge in [0.1, 0.15) is 11.6 Å². The number of amides is 2. The van der Waals surface area contributed by atoms with Crippen molar-refractivity contribution in [3.8, 4) is 5.69 Å². The van der Waals surface area contributed by atoms with E-state index in [1.165, 1.54) is 18.2 Å². The maximum absolute atomic E-state index is 13.1. The molecule has 3 aromatic rings. The highest BCUT2D eigenvalue weighted by molar-refractivity contribution is 5.99. The van der Waals surface area contributed by atoms with Gasteiger partial charge in [0.25, 0.3) is 0 Å². The van der Waals surface area contributed by atoms with E-state index >= 15 is 0 Å². The number of benzene rings is 2. The molecule has 6 heteroatoms. The van der Waals surface area contributed by atoms with Crippen LogP contribution in [-0.4, -0.2) is 15.8 Å². The van der Waals surface area contributed by atoms with Crippen LogP contribution >= 0.6 is 0 Å². The molecule has 0 aliphatic carbocycles. The summed E-state index contributed by atoms with van der Waals surface area (Å²) in [7, 11) is 0. The Morgan fingerprint density at radius 1 is 1.04 bits per heavy atom. The minimum atomic E-state index is -0.465. The van der Waals surface area contributed by atoms with Gasteiger partial charge >= 0.3 is 6.03 Å². The highest BCUT2D eigenvalue weighted by Crippen LogP contribution is 2.17. The first-order valence-corrected chi connectivity index (χ1v) is 7.07. The number of carbonyl (C=O) groups is 1. The minimum absolute atomic E-state index is 0.380. The number of anilines is 2. The third-order valence-electron chi connectivity index (χ3n) is 3.16. The molecule has 5 nitrogen and oxygen atoms in total. The maximum atomic E-state index is 13.1. The molecule has 2 aromatic carbocycles. The standard InChI is InChI=1S/C17H15FN4O/c1-12-10-16(22(21-12)15-8-3-2-4-9-15)20-17(23)19-14-7-5-6-13(18)11-14/h2-11H,1H3,(H2,19,20,23). The van der Waals surface area contributed by atoms with E-state index in [4.69, 9.17) is 0 Å². The Labute approximate surface area is 132 Å². The number of halogens is 1. The first kappa shape index (κ1) is 14.8. The minimum Gasteiger partial charge on any atom is -0.308 e. The van der Waals surface area contributed by atoms with Gasteiger partial charge in [-0.05, 0) is 37.3 Å². The average Bonchev–Trinajstić information content (AvgIpc) is 2.88. The molecule has 0 aliphatic rings. The second-order valence-electron chi connectivity index (χ2n) is 5.01. The van der Waals surface area contributed by atoms with E-state index in [0.717, 1.165) is 11.4 Å². The molecule has 0 aliphatic heterocycles. The third kappa shape index (κ3) is 3.55. The summed E-state index contributed by atoms with van der Waals surface area (Å²) in [6.07, 6.45) is 0. The Balaban J connectivity index is 1.79. The molecule has 23 heavy (non-hydrogen) atoms. The first-order valence-electron chi connectivity index (χ1n) is 7.07. The summed E-state index contributed by atoms with van der Waals surface area (Å²) in [5.41, 5.74) is 1.99. The topological polar surface area (TPSA) is 59.0 Å². The number of nitrogens with one attached hydrogen (secondary N) is 2. The van der Waals surface area contributed by atoms with Gasteiger partial charge in [-0.2, -0.15) is 5.10 Å². The second-order valence-corrected chi connectivity index (χ2v) is 5.01. The third-order valence-corrected chi connectivity index (χ3v) is 3.16. The molecule has 0 saturated carbocycles. The van der Waals surface area contributed by atoms with Gasteiger partial charge in [0, 0.05) is 11.8 Å². The van der Waals surface area contributed by atoms with Gasteiger partial charge in [-0.15, -0.1) is 0 Å². The monoisotopic (exact) mass is 310 g/mol. The number of nitrogens with zero attached hydrogens (tertiary/aromatic N) is 2. The van der Waals surface area contributed by atoms with Gasteiger partial charge in [0.15, 0.2) is 0 Å². The van der Waals surface area contributed by atoms with Gasteiger partial charge in [-0.3, -0.25) is 5.32 Å². The van der Waals surface area contributed by atoms with Crippen LogP contribution in [0.4, 0.5) is 20.7 Å². The van der Waals surface area contributed by atoms with Crippen LogP contribution in [0.1, 0.15) is 5.69 Å². The molecule has 1 heterocycles. The molecule has 0 unspecified atom stereocenters. The number of carbonyl (C=O) groups excluding carboxylic acids is 1. The summed E-state index contributed by atoms with van der Waals surface area (Å²) in [5.74, 6) is 0.121. The number of aryl methyl sites for hydroxylation is 1. The number of hydrogen-bond acceptors (Lipinski definition) is 2. The van der Waals surface area contributed by atoms with Gasteiger partial charge in [0.05, 0.1) is 11.4 Å². The van der Waals surface area contributed by atoms with Gasteiger partial charge < -0.3 is 5.32 Å². The van der Waals surface area contributed by atoms with E-state index in [9.17, 15) is 9.18 Å². The van der Waals surface area contributed by atoms with Crippen LogP contribution in [0.2, 0.25) is 0 Å². The molecule has 0 spiro atoms. The predicted molar refractivity (Wildman–Crippen MR) is 87.3 cm³/mol. The summed E-state index contributed by atoms with van der Waals surface area (Å²) >= 11 is 0. The lowest BCUT2D eigenvalue weighted by molar-refractivity contribution is 0.262. The molecule has 2 amide bonds. The van der Waals surface area contributed by atoms with Gasteiger partial charge in [0.2, 0.25) is 0 Å². The highest BCUT2D eigenvalue weighted by Gasteiger charge is 2.11. The normalized spacial score (nSPS) is 10.3. The van der Waals surface area contributed by atoms with Crippen molar-refractivity contribution in [1.29, 1.82) is 0 Å². The second kappa shape index (κ2) is 6.31. The van der Waals surface area contributed by atoms with Crippen LogP contribution in [0.25, 0.3) is 5.69 Å². The molecule has 0 bridgehead atoms. The summed E-state index contributed by atoms with van der Waals surface area (Å²) in [6, 6.07) is 16.5. The molecule has 0 atom stereocenters. The zero-order valence-electron chi connectivity index (χ0n) is 12.5. The fourth-order valence-corrected chi connectivity index (χ4v) is 2.20. The summed E-state index contributed by atoms with van der Waals surface area (Å²) in [5, 5.41) is 9.68. The molecule has 0 fully saturated rings. The van der Waals surface area contributed by atoms with Crippen LogP contribution in [0, 0.1) is 12.7 Å². The van der Waals surface area contributed by atoms with Crippen LogP contribution < -0.4 is 10.6 Å². The van der Waals surface area contributed by atoms with Crippen molar-refractivity contribution in [3.63, 3.8) is 0 Å². The fourth-order valence-electron chi connectivity index (χ4n) is 2.20. The zero-order valence-corrected chi connectivity index (χ0v) is 12.5. The van der Waals surface area contributed by atoms with Crippen molar-refractivity contribution in [1.82, 2.24) is 9.78 Å². The van der Waals surface area contributed by atoms with Crippen LogP contribution in [0.15, 0.2) is 60.7 Å². The number of urea groups is 1. The van der Waals surface area contributed by atoms with Crippen LogP contribution in [0.5, 0.6) is 0 Å². The largest absolute Gasteiger partial charge is 0.324 e. The van der Waals surface area contributed by atoms with E-state index in [1.54, 1.807) is 16.8 Å². The quantitative estimate of drug-likeness (QED) is 0.769. The number of hydrogen-bond donors (Lipinski definition) is 2. The van der Waals surface area contributed by atoms with Crippen molar-refractivity contribution in [2.45, 2.75) is 6.92 Å². The van der Waals surface area contributed by atoms with E-state index in [1.807, 2.05) is 37.3 Å². The average molecular weight is 310 g/mol. The molecule has 0 radical (unpaired) electrons. The molecular formula is C17H15FN4O. The van der Waals surface area contributed by atoms with Crippen molar-refractivity contribution in [3.05, 3.63) is 72.2 Å². The van der Waals surface area contributed by atoms with Crippen molar-refractivity contribution < 1.29 is 9.18 Å². The summed E-state index contributed by atoms with van der Waals surface area (Å²) in [6.45, 7) is 1.84. The van der Waals surface area contributed by atoms with Crippen molar-refractivity contribution >= 4 is 17.5 Å². The van der Waals surface area contributed by atoms with E-state index in [-0.39, 0.29) is 0 Å². The lowest BCUT2D eigenvalue weighted by Crippen LogP contribution is -2.21. The SMILES string of the molecule is Cc1cc(NC(=O)Nc2cccc(F)c2)n(-c2ccccc2)n1. The van der Waals surface area contributed by atoms with Gasteiger partial charge in [-0.25, -0.2) is 13.9 Å². The number of aromatic nitrogens is 2. The molecule has 116 valence electrons. The Morgan fingerprint density at radius 3 is 2.57 bits per heavy atom. The van der Waals surface area contributed by atoms with E-state index < -0.39 is 11.8 Å². The lowest BCUT2D eigenvalue weighted by Gasteiger charge is -2.10. The smallest absolute Gasteiger partial charge is 0.308 e. The van der Waals surface area contributed by atoms with E-state index in [0.29, 0.717) is 11.5 Å². The van der Waals surface area contributed by atoms with Crippen LogP contribution in [0.3, 0.4) is 0 Å². The predicted octanol–water partition coefficient (Wildman–Crippen LogP) is 3.96. The Hall–Kier alpha value is -3.15. The van der Waals surface area contributed by atoms with E-state index in [2.05, 4.69) is 15.7 Å². The Kier molecular flexibility index (Phi) is 4.05. The summed E-state index contributed by atoms with van der Waals surface area (Å²) < 4.78 is 14.8. The Morgan fingerprint density at radius 2 is 1.83 bits per heavy atom. The van der Waals surface area contributed by atoms with Crippen LogP contribution in [-0.2, 0) is 0 Å². The number of rotatable bonds is 3. The molecule has 1 aromatic heterocycles. The fraction of sp³-hybridized carbons (Fsp3) is 0.0588. The van der Waals surface area contributed by atoms with Gasteiger partial charge in [-0.1, -0.05) is 24.3 Å². The highest BCUT2D eigenvalue weighted by atomic mass is 19.1. The first-order chi connectivity index (χ1) is 11.1. The maximum Gasteiger partial charge on any atom is 0.324 e. The molecule has 0 saturated heterocycles. The number of para-hydroxylation sites is 1. The van der Waals surface area contributed by atoms with Crippen molar-refractivity contribution in [2.75, 3.05) is 10.6 Å². The molecule has 3 rings (SSSR count).